The number of benzene rings is 1. The van der Waals surface area contributed by atoms with Crippen LogP contribution in [0.3, 0.4) is 0 Å². The Morgan fingerprint density at radius 3 is 2.85 bits per heavy atom. The summed E-state index contributed by atoms with van der Waals surface area (Å²) in [7, 11) is 0. The first-order chi connectivity index (χ1) is 13.1. The topological polar surface area (TPSA) is 63.9 Å². The maximum Gasteiger partial charge on any atom is 0.261 e. The second kappa shape index (κ2) is 7.48. The smallest absolute Gasteiger partial charge is 0.261 e. The Balaban J connectivity index is 1.77. The average Bonchev–Trinajstić information content (AvgIpc) is 3.12. The molecule has 8 heteroatoms. The van der Waals surface area contributed by atoms with E-state index < -0.39 is 18.5 Å². The Kier molecular flexibility index (Phi) is 4.89. The second-order valence-corrected chi connectivity index (χ2v) is 6.62. The predicted molar refractivity (Wildman–Crippen MR) is 96.4 cm³/mol. The van der Waals surface area contributed by atoms with Gasteiger partial charge in [-0.3, -0.25) is 14.3 Å². The monoisotopic (exact) mass is 371 g/mol. The first kappa shape index (κ1) is 17.7. The van der Waals surface area contributed by atoms with E-state index in [0.717, 1.165) is 29.6 Å². The molecule has 0 amide bonds. The van der Waals surface area contributed by atoms with Crippen molar-refractivity contribution in [3.63, 3.8) is 0 Å². The van der Waals surface area contributed by atoms with Crippen LogP contribution < -0.4 is 5.56 Å². The first-order valence-electron chi connectivity index (χ1n) is 8.90. The summed E-state index contributed by atoms with van der Waals surface area (Å²) in [5.41, 5.74) is 0.974. The molecule has 3 heterocycles. The molecular formula is C19H19F2N5O. The zero-order chi connectivity index (χ0) is 18.8. The standard InChI is InChI=1S/C19H19F2N5O/c20-17(21)11-26-18(24-15-5-2-1-4-14(15)19(26)27)16-6-3-9-25(16)10-13-7-8-22-12-23-13/h1-2,4-5,7-8,12,16-17H,3,6,9-11H2. The van der Waals surface area contributed by atoms with Gasteiger partial charge in [0, 0.05) is 12.7 Å². The fourth-order valence-corrected chi connectivity index (χ4v) is 3.68. The molecule has 1 aliphatic rings. The van der Waals surface area contributed by atoms with Crippen molar-refractivity contribution in [2.24, 2.45) is 0 Å². The van der Waals surface area contributed by atoms with Crippen molar-refractivity contribution < 1.29 is 8.78 Å². The molecule has 3 aromatic rings. The lowest BCUT2D eigenvalue weighted by molar-refractivity contribution is 0.120. The minimum absolute atomic E-state index is 0.198. The number of alkyl halides is 2. The van der Waals surface area contributed by atoms with Crippen molar-refractivity contribution >= 4 is 10.9 Å². The van der Waals surface area contributed by atoms with Crippen molar-refractivity contribution in [1.29, 1.82) is 0 Å². The second-order valence-electron chi connectivity index (χ2n) is 6.62. The molecule has 1 aromatic carbocycles. The fourth-order valence-electron chi connectivity index (χ4n) is 3.68. The van der Waals surface area contributed by atoms with Gasteiger partial charge in [0.25, 0.3) is 12.0 Å². The molecule has 1 atom stereocenters. The molecule has 0 saturated carbocycles. The van der Waals surface area contributed by atoms with Crippen molar-refractivity contribution in [2.45, 2.75) is 38.4 Å². The van der Waals surface area contributed by atoms with Crippen LogP contribution in [0.15, 0.2) is 47.7 Å². The Labute approximate surface area is 154 Å². The van der Waals surface area contributed by atoms with Crippen LogP contribution in [-0.4, -0.2) is 37.4 Å². The third kappa shape index (κ3) is 3.57. The number of hydrogen-bond donors (Lipinski definition) is 0. The highest BCUT2D eigenvalue weighted by molar-refractivity contribution is 5.77. The zero-order valence-electron chi connectivity index (χ0n) is 14.6. The van der Waals surface area contributed by atoms with Gasteiger partial charge in [-0.05, 0) is 37.6 Å². The van der Waals surface area contributed by atoms with E-state index in [4.69, 9.17) is 0 Å². The van der Waals surface area contributed by atoms with Crippen LogP contribution >= 0.6 is 0 Å². The van der Waals surface area contributed by atoms with E-state index in [2.05, 4.69) is 19.9 Å². The predicted octanol–water partition coefficient (Wildman–Crippen LogP) is 2.79. The number of para-hydroxylation sites is 1. The molecule has 1 unspecified atom stereocenters. The number of aromatic nitrogens is 4. The molecule has 1 aliphatic heterocycles. The maximum absolute atomic E-state index is 13.2. The lowest BCUT2D eigenvalue weighted by Gasteiger charge is -2.26. The molecule has 2 aromatic heterocycles. The summed E-state index contributed by atoms with van der Waals surface area (Å²) in [4.78, 5) is 27.8. The van der Waals surface area contributed by atoms with E-state index in [1.807, 2.05) is 6.07 Å². The van der Waals surface area contributed by atoms with Gasteiger partial charge in [-0.15, -0.1) is 0 Å². The number of rotatable bonds is 5. The van der Waals surface area contributed by atoms with Gasteiger partial charge in [0.1, 0.15) is 12.2 Å². The summed E-state index contributed by atoms with van der Waals surface area (Å²) in [6.07, 6.45) is 2.21. The molecule has 1 fully saturated rings. The minimum atomic E-state index is -2.62. The van der Waals surface area contributed by atoms with Gasteiger partial charge in [-0.2, -0.15) is 0 Å². The summed E-state index contributed by atoms with van der Waals surface area (Å²) in [6.45, 7) is 0.709. The van der Waals surface area contributed by atoms with E-state index in [9.17, 15) is 13.6 Å². The van der Waals surface area contributed by atoms with E-state index in [1.54, 1.807) is 30.5 Å². The number of halogens is 2. The van der Waals surface area contributed by atoms with E-state index in [-0.39, 0.29) is 6.04 Å². The average molecular weight is 371 g/mol. The Morgan fingerprint density at radius 1 is 1.22 bits per heavy atom. The highest BCUT2D eigenvalue weighted by atomic mass is 19.3. The van der Waals surface area contributed by atoms with Crippen LogP contribution in [0, 0.1) is 0 Å². The number of fused-ring (bicyclic) bond motifs is 1. The van der Waals surface area contributed by atoms with E-state index in [1.165, 1.54) is 6.33 Å². The lowest BCUT2D eigenvalue weighted by Crippen LogP contribution is -2.33. The molecule has 140 valence electrons. The molecule has 27 heavy (non-hydrogen) atoms. The molecule has 0 spiro atoms. The van der Waals surface area contributed by atoms with Crippen LogP contribution in [0.2, 0.25) is 0 Å². The Morgan fingerprint density at radius 2 is 2.07 bits per heavy atom. The molecule has 0 bridgehead atoms. The number of hydrogen-bond acceptors (Lipinski definition) is 5. The van der Waals surface area contributed by atoms with Crippen molar-refractivity contribution in [3.8, 4) is 0 Å². The van der Waals surface area contributed by atoms with Gasteiger partial charge >= 0.3 is 0 Å². The highest BCUT2D eigenvalue weighted by Crippen LogP contribution is 2.32. The molecule has 4 rings (SSSR count). The summed E-state index contributed by atoms with van der Waals surface area (Å²) in [5.74, 6) is 0.408. The van der Waals surface area contributed by atoms with Gasteiger partial charge in [-0.1, -0.05) is 12.1 Å². The summed E-state index contributed by atoms with van der Waals surface area (Å²) >= 11 is 0. The van der Waals surface area contributed by atoms with Gasteiger partial charge in [0.15, 0.2) is 0 Å². The Hall–Kier alpha value is -2.74. The van der Waals surface area contributed by atoms with Crippen LogP contribution in [0.25, 0.3) is 10.9 Å². The SMILES string of the molecule is O=c1c2ccccc2nc(C2CCCN2Cc2ccncn2)n1CC(F)F. The number of likely N-dealkylation sites (tertiary alicyclic amines) is 1. The van der Waals surface area contributed by atoms with Crippen molar-refractivity contribution in [3.05, 3.63) is 64.7 Å². The molecular weight excluding hydrogens is 352 g/mol. The molecule has 0 radical (unpaired) electrons. The van der Waals surface area contributed by atoms with Crippen LogP contribution in [0.5, 0.6) is 0 Å². The zero-order valence-corrected chi connectivity index (χ0v) is 14.6. The van der Waals surface area contributed by atoms with Crippen molar-refractivity contribution in [2.75, 3.05) is 6.54 Å². The lowest BCUT2D eigenvalue weighted by atomic mass is 10.1. The quantitative estimate of drug-likeness (QED) is 0.690. The van der Waals surface area contributed by atoms with E-state index >= 15 is 0 Å². The number of nitrogens with zero attached hydrogens (tertiary/aromatic N) is 5. The maximum atomic E-state index is 13.2. The van der Waals surface area contributed by atoms with Gasteiger partial charge in [0.05, 0.1) is 29.2 Å². The summed E-state index contributed by atoms with van der Waals surface area (Å²) < 4.78 is 27.5. The minimum Gasteiger partial charge on any atom is -0.289 e. The van der Waals surface area contributed by atoms with Crippen LogP contribution in [0.1, 0.15) is 30.4 Å². The molecule has 1 saturated heterocycles. The third-order valence-corrected chi connectivity index (χ3v) is 4.88. The van der Waals surface area contributed by atoms with Crippen LogP contribution in [0.4, 0.5) is 8.78 Å². The Bertz CT molecular complexity index is 992. The third-order valence-electron chi connectivity index (χ3n) is 4.88. The van der Waals surface area contributed by atoms with Gasteiger partial charge in [0.2, 0.25) is 0 Å². The molecule has 6 nitrogen and oxygen atoms in total. The van der Waals surface area contributed by atoms with Crippen molar-refractivity contribution in [1.82, 2.24) is 24.4 Å². The summed E-state index contributed by atoms with van der Waals surface area (Å²) in [6, 6.07) is 8.52. The largest absolute Gasteiger partial charge is 0.289 e. The van der Waals surface area contributed by atoms with Gasteiger partial charge < -0.3 is 0 Å². The fraction of sp³-hybridized carbons (Fsp3) is 0.368. The van der Waals surface area contributed by atoms with E-state index in [0.29, 0.717) is 23.3 Å². The summed E-state index contributed by atoms with van der Waals surface area (Å²) in [5, 5.41) is 0.363. The highest BCUT2D eigenvalue weighted by Gasteiger charge is 2.31. The normalized spacial score (nSPS) is 17.8. The molecule has 0 N–H and O–H groups in total. The first-order valence-corrected chi connectivity index (χ1v) is 8.90. The van der Waals surface area contributed by atoms with Crippen LogP contribution in [-0.2, 0) is 13.1 Å². The van der Waals surface area contributed by atoms with Gasteiger partial charge in [-0.25, -0.2) is 23.7 Å². The molecule has 0 aliphatic carbocycles.